The number of hydrogen-bond donors (Lipinski definition) is 2. The molecule has 0 saturated carbocycles. The second-order valence-corrected chi connectivity index (χ2v) is 4.86. The van der Waals surface area contributed by atoms with Gasteiger partial charge in [-0.3, -0.25) is 4.79 Å². The molecule has 1 amide bonds. The van der Waals surface area contributed by atoms with Gasteiger partial charge in [0.05, 0.1) is 5.57 Å². The molecular formula is C15H16F3NO3. The Hall–Kier alpha value is -2.02. The molecule has 1 aromatic carbocycles. The number of aliphatic hydroxyl groups excluding tert-OH is 1. The number of fused-ring (bicyclic) bond motifs is 1. The molecule has 1 unspecified atom stereocenters. The van der Waals surface area contributed by atoms with Crippen LogP contribution >= 0.6 is 0 Å². The number of unbranched alkanes of at least 4 members (excludes halogenated alkanes) is 1. The van der Waals surface area contributed by atoms with Crippen LogP contribution in [0.1, 0.15) is 18.4 Å². The molecule has 0 fully saturated rings. The van der Waals surface area contributed by atoms with E-state index in [1.54, 1.807) is 18.2 Å². The fraction of sp³-hybridized carbons (Fsp3) is 0.400. The van der Waals surface area contributed by atoms with Gasteiger partial charge in [0.1, 0.15) is 5.75 Å². The molecule has 4 nitrogen and oxygen atoms in total. The number of benzene rings is 1. The maximum Gasteiger partial charge on any atom is 0.429 e. The molecule has 1 heterocycles. The quantitative estimate of drug-likeness (QED) is 0.820. The van der Waals surface area contributed by atoms with Gasteiger partial charge >= 0.3 is 6.18 Å². The Kier molecular flexibility index (Phi) is 5.07. The number of carbonyl (C=O) groups excluding carboxylic acids is 1. The van der Waals surface area contributed by atoms with Crippen LogP contribution in [0.3, 0.4) is 0 Å². The van der Waals surface area contributed by atoms with E-state index in [-0.39, 0.29) is 18.9 Å². The van der Waals surface area contributed by atoms with Gasteiger partial charge in [-0.2, -0.15) is 13.2 Å². The highest BCUT2D eigenvalue weighted by Gasteiger charge is 2.48. The predicted molar refractivity (Wildman–Crippen MR) is 74.2 cm³/mol. The van der Waals surface area contributed by atoms with Crippen molar-refractivity contribution >= 4 is 12.0 Å². The third kappa shape index (κ3) is 3.79. The van der Waals surface area contributed by atoms with Crippen LogP contribution in [0.5, 0.6) is 5.75 Å². The standard InChI is InChI=1S/C15H16F3NO3/c16-15(17,18)13-11(14(21)19-7-3-4-8-20)9-10-5-1-2-6-12(10)22-13/h1-2,5-6,9,13,20H,3-4,7-8H2,(H,19,21). The fourth-order valence-electron chi connectivity index (χ4n) is 2.11. The van der Waals surface area contributed by atoms with Crippen molar-refractivity contribution in [2.24, 2.45) is 0 Å². The summed E-state index contributed by atoms with van der Waals surface area (Å²) in [5, 5.41) is 11.1. The van der Waals surface area contributed by atoms with E-state index in [0.717, 1.165) is 0 Å². The Morgan fingerprint density at radius 1 is 1.27 bits per heavy atom. The first-order valence-electron chi connectivity index (χ1n) is 6.86. The molecule has 0 bridgehead atoms. The Morgan fingerprint density at radius 3 is 2.68 bits per heavy atom. The molecule has 22 heavy (non-hydrogen) atoms. The maximum atomic E-state index is 13.1. The zero-order chi connectivity index (χ0) is 16.2. The lowest BCUT2D eigenvalue weighted by atomic mass is 10.0. The average molecular weight is 315 g/mol. The molecule has 0 radical (unpaired) electrons. The molecule has 120 valence electrons. The first-order chi connectivity index (χ1) is 10.4. The van der Waals surface area contributed by atoms with Crippen LogP contribution in [0.15, 0.2) is 29.8 Å². The fourth-order valence-corrected chi connectivity index (χ4v) is 2.11. The summed E-state index contributed by atoms with van der Waals surface area (Å²) in [6.45, 7) is 0.170. The zero-order valence-electron chi connectivity index (χ0n) is 11.7. The van der Waals surface area contributed by atoms with Crippen molar-refractivity contribution < 1.29 is 27.8 Å². The maximum absolute atomic E-state index is 13.1. The SMILES string of the molecule is O=C(NCCCCO)C1=Cc2ccccc2OC1C(F)(F)F. The third-order valence-corrected chi connectivity index (χ3v) is 3.19. The Labute approximate surface area is 125 Å². The van der Waals surface area contributed by atoms with E-state index < -0.39 is 23.8 Å². The number of para-hydroxylation sites is 1. The largest absolute Gasteiger partial charge is 0.475 e. The van der Waals surface area contributed by atoms with E-state index in [1.807, 2.05) is 0 Å². The molecule has 1 aliphatic heterocycles. The van der Waals surface area contributed by atoms with E-state index in [1.165, 1.54) is 12.1 Å². The van der Waals surface area contributed by atoms with Crippen molar-refractivity contribution in [1.82, 2.24) is 5.32 Å². The molecule has 1 atom stereocenters. The van der Waals surface area contributed by atoms with Crippen molar-refractivity contribution in [3.05, 3.63) is 35.4 Å². The van der Waals surface area contributed by atoms with Crippen molar-refractivity contribution in [3.8, 4) is 5.75 Å². The number of hydrogen-bond acceptors (Lipinski definition) is 3. The average Bonchev–Trinajstić information content (AvgIpc) is 2.49. The molecule has 7 heteroatoms. The monoisotopic (exact) mass is 315 g/mol. The zero-order valence-corrected chi connectivity index (χ0v) is 11.7. The van der Waals surface area contributed by atoms with E-state index in [0.29, 0.717) is 18.4 Å². The van der Waals surface area contributed by atoms with Crippen molar-refractivity contribution in [1.29, 1.82) is 0 Å². The molecule has 0 aliphatic carbocycles. The van der Waals surface area contributed by atoms with Gasteiger partial charge in [0.25, 0.3) is 5.91 Å². The van der Waals surface area contributed by atoms with Crippen LogP contribution in [0.25, 0.3) is 6.08 Å². The Bertz CT molecular complexity index is 569. The topological polar surface area (TPSA) is 58.6 Å². The van der Waals surface area contributed by atoms with E-state index in [9.17, 15) is 18.0 Å². The van der Waals surface area contributed by atoms with Gasteiger partial charge in [-0.1, -0.05) is 18.2 Å². The van der Waals surface area contributed by atoms with Crippen LogP contribution in [0.2, 0.25) is 0 Å². The number of carbonyl (C=O) groups is 1. The lowest BCUT2D eigenvalue weighted by molar-refractivity contribution is -0.185. The van der Waals surface area contributed by atoms with Gasteiger partial charge in [-0.25, -0.2) is 0 Å². The minimum Gasteiger partial charge on any atom is -0.475 e. The summed E-state index contributed by atoms with van der Waals surface area (Å²) in [7, 11) is 0. The van der Waals surface area contributed by atoms with Crippen LogP contribution < -0.4 is 10.1 Å². The molecule has 2 N–H and O–H groups in total. The van der Waals surface area contributed by atoms with E-state index >= 15 is 0 Å². The summed E-state index contributed by atoms with van der Waals surface area (Å²) in [6.07, 6.45) is -4.79. The third-order valence-electron chi connectivity index (χ3n) is 3.19. The Balaban J connectivity index is 2.20. The summed E-state index contributed by atoms with van der Waals surface area (Å²) in [5.74, 6) is -0.712. The second kappa shape index (κ2) is 6.83. The molecule has 0 aromatic heterocycles. The van der Waals surface area contributed by atoms with Gasteiger partial charge in [-0.05, 0) is 25.0 Å². The number of halogens is 3. The lowest BCUT2D eigenvalue weighted by Crippen LogP contribution is -2.43. The van der Waals surface area contributed by atoms with Gasteiger partial charge in [0.15, 0.2) is 0 Å². The summed E-state index contributed by atoms with van der Waals surface area (Å²) in [5.41, 5.74) is -0.0290. The summed E-state index contributed by atoms with van der Waals surface area (Å²) in [6, 6.07) is 6.24. The van der Waals surface area contributed by atoms with Crippen LogP contribution in [0.4, 0.5) is 13.2 Å². The highest BCUT2D eigenvalue weighted by Crippen LogP contribution is 2.36. The number of rotatable bonds is 5. The summed E-state index contributed by atoms with van der Waals surface area (Å²) in [4.78, 5) is 12.0. The van der Waals surface area contributed by atoms with Gasteiger partial charge in [0, 0.05) is 18.7 Å². The number of amides is 1. The normalized spacial score (nSPS) is 17.3. The Morgan fingerprint density at radius 2 is 2.00 bits per heavy atom. The van der Waals surface area contributed by atoms with Crippen molar-refractivity contribution in [3.63, 3.8) is 0 Å². The highest BCUT2D eigenvalue weighted by molar-refractivity contribution is 6.00. The minimum atomic E-state index is -4.68. The van der Waals surface area contributed by atoms with E-state index in [2.05, 4.69) is 5.32 Å². The van der Waals surface area contributed by atoms with Crippen LogP contribution in [-0.4, -0.2) is 36.4 Å². The molecule has 1 aliphatic rings. The smallest absolute Gasteiger partial charge is 0.429 e. The molecule has 2 rings (SSSR count). The highest BCUT2D eigenvalue weighted by atomic mass is 19.4. The van der Waals surface area contributed by atoms with Gasteiger partial charge in [-0.15, -0.1) is 0 Å². The van der Waals surface area contributed by atoms with Gasteiger partial charge < -0.3 is 15.2 Å². The number of ether oxygens (including phenoxy) is 1. The van der Waals surface area contributed by atoms with Crippen molar-refractivity contribution in [2.75, 3.05) is 13.2 Å². The van der Waals surface area contributed by atoms with Gasteiger partial charge in [0.2, 0.25) is 6.10 Å². The van der Waals surface area contributed by atoms with Crippen LogP contribution in [-0.2, 0) is 4.79 Å². The first-order valence-corrected chi connectivity index (χ1v) is 6.86. The molecular weight excluding hydrogens is 299 g/mol. The lowest BCUT2D eigenvalue weighted by Gasteiger charge is -2.28. The predicted octanol–water partition coefficient (Wildman–Crippen LogP) is 2.28. The molecule has 1 aromatic rings. The number of alkyl halides is 3. The number of aliphatic hydroxyl groups is 1. The van der Waals surface area contributed by atoms with Crippen LogP contribution in [0, 0.1) is 0 Å². The summed E-state index contributed by atoms with van der Waals surface area (Å²) < 4.78 is 44.3. The first kappa shape index (κ1) is 16.4. The van der Waals surface area contributed by atoms with Crippen molar-refractivity contribution in [2.45, 2.75) is 25.1 Å². The minimum absolute atomic E-state index is 0.0276. The molecule has 0 saturated heterocycles. The molecule has 0 spiro atoms. The number of nitrogens with one attached hydrogen (secondary N) is 1. The second-order valence-electron chi connectivity index (χ2n) is 4.86. The van der Waals surface area contributed by atoms with E-state index in [4.69, 9.17) is 9.84 Å². The summed E-state index contributed by atoms with van der Waals surface area (Å²) >= 11 is 0.